The van der Waals surface area contributed by atoms with Gasteiger partial charge in [-0.25, -0.2) is 13.1 Å². The second kappa shape index (κ2) is 8.74. The van der Waals surface area contributed by atoms with Gasteiger partial charge in [0.2, 0.25) is 15.9 Å². The van der Waals surface area contributed by atoms with Crippen LogP contribution in [-0.4, -0.2) is 36.7 Å². The molecule has 2 aliphatic rings. The van der Waals surface area contributed by atoms with Gasteiger partial charge in [0, 0.05) is 31.2 Å². The van der Waals surface area contributed by atoms with E-state index in [0.717, 1.165) is 60.2 Å². The summed E-state index contributed by atoms with van der Waals surface area (Å²) in [5.74, 6) is 0.307. The number of hydrogen-bond acceptors (Lipinski definition) is 4. The summed E-state index contributed by atoms with van der Waals surface area (Å²) in [6, 6.07) is 5.38. The number of hydrogen-bond donors (Lipinski definition) is 2. The van der Waals surface area contributed by atoms with E-state index in [9.17, 15) is 13.2 Å². The lowest BCUT2D eigenvalue weighted by Gasteiger charge is -2.15. The van der Waals surface area contributed by atoms with Crippen LogP contribution in [0.4, 0.5) is 0 Å². The minimum Gasteiger partial charge on any atom is -0.352 e. The first-order valence-electron chi connectivity index (χ1n) is 11.2. The van der Waals surface area contributed by atoms with Gasteiger partial charge in [-0.05, 0) is 74.8 Å². The Morgan fingerprint density at radius 2 is 1.87 bits per heavy atom. The molecule has 4 rings (SSSR count). The topological polar surface area (TPSA) is 93.1 Å². The Morgan fingerprint density at radius 1 is 1.16 bits per heavy atom. The summed E-state index contributed by atoms with van der Waals surface area (Å²) >= 11 is 0. The predicted molar refractivity (Wildman–Crippen MR) is 119 cm³/mol. The van der Waals surface area contributed by atoms with Crippen LogP contribution in [0.25, 0.3) is 0 Å². The summed E-state index contributed by atoms with van der Waals surface area (Å²) in [6.45, 7) is 4.26. The monoisotopic (exact) mass is 444 g/mol. The summed E-state index contributed by atoms with van der Waals surface area (Å²) in [6.07, 6.45) is 6.29. The lowest BCUT2D eigenvalue weighted by Crippen LogP contribution is -2.38. The first-order chi connectivity index (χ1) is 14.7. The van der Waals surface area contributed by atoms with Crippen LogP contribution in [0.1, 0.15) is 53.8 Å². The number of nitrogens with one attached hydrogen (secondary N) is 2. The van der Waals surface area contributed by atoms with Crippen LogP contribution in [0.15, 0.2) is 23.1 Å². The van der Waals surface area contributed by atoms with Crippen molar-refractivity contribution in [3.63, 3.8) is 0 Å². The van der Waals surface area contributed by atoms with Crippen LogP contribution in [0.3, 0.4) is 0 Å². The molecule has 31 heavy (non-hydrogen) atoms. The van der Waals surface area contributed by atoms with E-state index in [4.69, 9.17) is 0 Å². The van der Waals surface area contributed by atoms with Gasteiger partial charge in [-0.1, -0.05) is 18.9 Å². The number of fused-ring (bicyclic) bond motifs is 1. The van der Waals surface area contributed by atoms with Crippen molar-refractivity contribution in [2.45, 2.75) is 69.7 Å². The van der Waals surface area contributed by atoms with Gasteiger partial charge in [0.1, 0.15) is 0 Å². The average Bonchev–Trinajstić information content (AvgIpc) is 3.43. The molecule has 7 nitrogen and oxygen atoms in total. The molecule has 1 aromatic carbocycles. The fourth-order valence-electron chi connectivity index (χ4n) is 4.94. The Hall–Kier alpha value is -2.19. The Bertz CT molecular complexity index is 1080. The van der Waals surface area contributed by atoms with Crippen molar-refractivity contribution >= 4 is 15.9 Å². The minimum atomic E-state index is -3.59. The van der Waals surface area contributed by atoms with Gasteiger partial charge in [-0.15, -0.1) is 0 Å². The Morgan fingerprint density at radius 3 is 2.55 bits per heavy atom. The van der Waals surface area contributed by atoms with Crippen molar-refractivity contribution in [2.75, 3.05) is 6.54 Å². The van der Waals surface area contributed by atoms with Gasteiger partial charge < -0.3 is 5.32 Å². The van der Waals surface area contributed by atoms with E-state index in [-0.39, 0.29) is 22.8 Å². The number of carbonyl (C=O) groups excluding carboxylic acids is 1. The first-order valence-corrected chi connectivity index (χ1v) is 12.6. The summed E-state index contributed by atoms with van der Waals surface area (Å²) in [4.78, 5) is 12.7. The summed E-state index contributed by atoms with van der Waals surface area (Å²) < 4.78 is 30.2. The van der Waals surface area contributed by atoms with E-state index < -0.39 is 10.0 Å². The van der Waals surface area contributed by atoms with Gasteiger partial charge in [0.15, 0.2) is 0 Å². The summed E-state index contributed by atoms with van der Waals surface area (Å²) in [5, 5.41) is 7.56. The Balaban J connectivity index is 1.37. The van der Waals surface area contributed by atoms with E-state index in [2.05, 4.69) is 15.1 Å². The molecule has 168 valence electrons. The third kappa shape index (κ3) is 4.70. The van der Waals surface area contributed by atoms with Crippen molar-refractivity contribution in [1.29, 1.82) is 0 Å². The second-order valence-corrected chi connectivity index (χ2v) is 10.7. The molecule has 2 aromatic rings. The largest absolute Gasteiger partial charge is 0.352 e. The van der Waals surface area contributed by atoms with Crippen molar-refractivity contribution < 1.29 is 13.2 Å². The van der Waals surface area contributed by atoms with Crippen molar-refractivity contribution in [2.24, 2.45) is 13.0 Å². The van der Waals surface area contributed by atoms with Crippen LogP contribution in [0, 0.1) is 19.8 Å². The number of sulfonamides is 1. The highest BCUT2D eigenvalue weighted by Crippen LogP contribution is 2.28. The molecule has 0 spiro atoms. The molecule has 0 radical (unpaired) electrons. The Kier molecular flexibility index (Phi) is 6.21. The minimum absolute atomic E-state index is 0.0607. The third-order valence-corrected chi connectivity index (χ3v) is 8.28. The van der Waals surface area contributed by atoms with Crippen molar-refractivity contribution in [1.82, 2.24) is 19.8 Å². The fourth-order valence-corrected chi connectivity index (χ4v) is 6.03. The lowest BCUT2D eigenvalue weighted by molar-refractivity contribution is -0.125. The van der Waals surface area contributed by atoms with Gasteiger partial charge in [0.05, 0.1) is 10.6 Å². The van der Waals surface area contributed by atoms with Crippen LogP contribution in [0.5, 0.6) is 0 Å². The van der Waals surface area contributed by atoms with Gasteiger partial charge in [-0.3, -0.25) is 9.48 Å². The van der Waals surface area contributed by atoms with Crippen LogP contribution < -0.4 is 10.0 Å². The molecule has 8 heteroatoms. The van der Waals surface area contributed by atoms with E-state index in [0.29, 0.717) is 19.4 Å². The molecule has 0 bridgehead atoms. The quantitative estimate of drug-likeness (QED) is 0.686. The predicted octanol–water partition coefficient (Wildman–Crippen LogP) is 2.33. The molecule has 1 heterocycles. The molecule has 1 saturated carbocycles. The molecule has 1 aromatic heterocycles. The lowest BCUT2D eigenvalue weighted by atomic mass is 10.1. The van der Waals surface area contributed by atoms with Crippen LogP contribution in [0.2, 0.25) is 0 Å². The van der Waals surface area contributed by atoms with Crippen LogP contribution in [-0.2, 0) is 41.1 Å². The molecule has 0 saturated heterocycles. The van der Waals surface area contributed by atoms with E-state index in [1.165, 1.54) is 0 Å². The maximum atomic E-state index is 12.8. The van der Waals surface area contributed by atoms with Gasteiger partial charge in [-0.2, -0.15) is 5.10 Å². The highest BCUT2D eigenvalue weighted by atomic mass is 32.2. The molecule has 2 aliphatic carbocycles. The maximum Gasteiger partial charge on any atom is 0.240 e. The number of rotatable bonds is 7. The van der Waals surface area contributed by atoms with E-state index in [1.807, 2.05) is 31.6 Å². The van der Waals surface area contributed by atoms with Gasteiger partial charge in [0.25, 0.3) is 0 Å². The third-order valence-electron chi connectivity index (χ3n) is 6.82. The number of nitrogens with zero attached hydrogens (tertiary/aromatic N) is 2. The maximum absolute atomic E-state index is 12.8. The Labute approximate surface area is 184 Å². The first kappa shape index (κ1) is 22.0. The molecule has 1 atom stereocenters. The van der Waals surface area contributed by atoms with Crippen LogP contribution >= 0.6 is 0 Å². The SMILES string of the molecule is Cc1nn(C)c(C)c1CCNS(=O)(=O)c1ccc2c(c1)C[C@H](NC(=O)C1CCCC1)C2. The molecule has 0 unspecified atom stereocenters. The highest BCUT2D eigenvalue weighted by Gasteiger charge is 2.29. The molecule has 0 aliphatic heterocycles. The molecular formula is C23H32N4O3S. The molecule has 1 amide bonds. The normalized spacial score (nSPS) is 19.0. The van der Waals surface area contributed by atoms with E-state index >= 15 is 0 Å². The summed E-state index contributed by atoms with van der Waals surface area (Å²) in [5.41, 5.74) is 5.21. The van der Waals surface area contributed by atoms with Crippen molar-refractivity contribution in [3.8, 4) is 0 Å². The zero-order valence-corrected chi connectivity index (χ0v) is 19.4. The average molecular weight is 445 g/mol. The number of amides is 1. The fraction of sp³-hybridized carbons (Fsp3) is 0.565. The second-order valence-electron chi connectivity index (χ2n) is 8.95. The number of carbonyl (C=O) groups is 1. The zero-order chi connectivity index (χ0) is 22.2. The van der Waals surface area contributed by atoms with Gasteiger partial charge >= 0.3 is 0 Å². The summed E-state index contributed by atoms with van der Waals surface area (Å²) in [7, 11) is -1.70. The number of benzene rings is 1. The smallest absolute Gasteiger partial charge is 0.240 e. The molecule has 1 fully saturated rings. The zero-order valence-electron chi connectivity index (χ0n) is 18.6. The number of aromatic nitrogens is 2. The van der Waals surface area contributed by atoms with E-state index in [1.54, 1.807) is 12.1 Å². The standard InChI is InChI=1S/C23H32N4O3S/c1-15-22(16(2)27(3)26-15)10-11-24-31(29,30)21-9-8-18-12-20(13-19(18)14-21)25-23(28)17-6-4-5-7-17/h8-9,14,17,20,24H,4-7,10-13H2,1-3H3,(H,25,28)/t20-/m1/s1. The molecular weight excluding hydrogens is 412 g/mol. The van der Waals surface area contributed by atoms with Crippen molar-refractivity contribution in [3.05, 3.63) is 46.3 Å². The molecule has 2 N–H and O–H groups in total. The highest BCUT2D eigenvalue weighted by molar-refractivity contribution is 7.89. The number of aryl methyl sites for hydroxylation is 2.